The molecular formula is C36H40N6O3S. The van der Waals surface area contributed by atoms with Crippen LogP contribution < -0.4 is 4.72 Å². The molecule has 0 aliphatic carbocycles. The number of benzene rings is 3. The molecule has 8 rings (SSSR count). The first-order valence-electron chi connectivity index (χ1n) is 16.6. The molecule has 238 valence electrons. The fourth-order valence-corrected chi connectivity index (χ4v) is 9.18. The Morgan fingerprint density at radius 3 is 2.43 bits per heavy atom. The number of aryl methyl sites for hydroxylation is 1. The summed E-state index contributed by atoms with van der Waals surface area (Å²) < 4.78 is 21.5. The number of rotatable bonds is 7. The fourth-order valence-electron chi connectivity index (χ4n) is 8.68. The van der Waals surface area contributed by atoms with Crippen LogP contribution in [-0.2, 0) is 21.0 Å². The van der Waals surface area contributed by atoms with Crippen LogP contribution in [-0.4, -0.2) is 67.0 Å². The molecule has 5 heterocycles. The lowest BCUT2D eigenvalue weighted by Gasteiger charge is -2.45. The number of fused-ring (bicyclic) bond motifs is 3. The summed E-state index contributed by atoms with van der Waals surface area (Å²) >= 11 is -1.68. The number of hydrogen-bond acceptors (Lipinski definition) is 6. The summed E-state index contributed by atoms with van der Waals surface area (Å²) in [5.41, 5.74) is 5.09. The number of aromatic nitrogens is 2. The Bertz CT molecular complexity index is 1800. The highest BCUT2D eigenvalue weighted by atomic mass is 32.2. The first-order valence-corrected chi connectivity index (χ1v) is 17.6. The summed E-state index contributed by atoms with van der Waals surface area (Å²) in [6.07, 6.45) is 7.89. The van der Waals surface area contributed by atoms with Crippen molar-refractivity contribution in [2.24, 2.45) is 5.16 Å². The normalized spacial score (nSPS) is 25.7. The molecule has 0 radical (unpaired) electrons. The second-order valence-corrected chi connectivity index (χ2v) is 14.2. The lowest BCUT2D eigenvalue weighted by Crippen LogP contribution is -2.49. The minimum Gasteiger partial charge on any atom is -0.339 e. The maximum Gasteiger partial charge on any atom is 0.338 e. The lowest BCUT2D eigenvalue weighted by molar-refractivity contribution is 0.0607. The van der Waals surface area contributed by atoms with Crippen molar-refractivity contribution in [1.82, 2.24) is 24.1 Å². The van der Waals surface area contributed by atoms with Crippen LogP contribution in [0.4, 0.5) is 0 Å². The number of nitrogens with one attached hydrogen (secondary N) is 1. The van der Waals surface area contributed by atoms with Crippen molar-refractivity contribution in [3.63, 3.8) is 0 Å². The summed E-state index contributed by atoms with van der Waals surface area (Å²) in [4.78, 5) is 23.4. The molecule has 4 aliphatic heterocycles. The van der Waals surface area contributed by atoms with Gasteiger partial charge in [-0.05, 0) is 98.8 Å². The van der Waals surface area contributed by atoms with Crippen LogP contribution in [0, 0.1) is 6.92 Å². The third kappa shape index (κ3) is 5.31. The van der Waals surface area contributed by atoms with Crippen LogP contribution in [0.1, 0.15) is 78.3 Å². The highest BCUT2D eigenvalue weighted by Gasteiger charge is 2.44. The number of amidine groups is 1. The molecule has 0 saturated carbocycles. The molecule has 1 aromatic heterocycles. The van der Waals surface area contributed by atoms with Crippen LogP contribution in [0.2, 0.25) is 0 Å². The average molecular weight is 637 g/mol. The van der Waals surface area contributed by atoms with E-state index in [0.717, 1.165) is 37.1 Å². The Kier molecular flexibility index (Phi) is 7.65. The lowest BCUT2D eigenvalue weighted by atomic mass is 9.70. The Morgan fingerprint density at radius 1 is 0.957 bits per heavy atom. The second kappa shape index (κ2) is 12.0. The van der Waals surface area contributed by atoms with Crippen LogP contribution in [0.5, 0.6) is 0 Å². The van der Waals surface area contributed by atoms with Gasteiger partial charge in [0.15, 0.2) is 5.84 Å². The van der Waals surface area contributed by atoms with E-state index in [1.54, 1.807) is 6.07 Å². The number of para-hydroxylation sites is 2. The monoisotopic (exact) mass is 636 g/mol. The number of piperidine rings is 2. The Hall–Kier alpha value is -4.02. The zero-order valence-corrected chi connectivity index (χ0v) is 27.0. The van der Waals surface area contributed by atoms with Gasteiger partial charge >= 0.3 is 11.3 Å². The second-order valence-electron chi connectivity index (χ2n) is 13.4. The first-order chi connectivity index (χ1) is 22.5. The molecule has 10 heteroatoms. The molecule has 1 N–H and O–H groups in total. The number of hydrogen-bond donors (Lipinski definition) is 1. The summed E-state index contributed by atoms with van der Waals surface area (Å²) in [6, 6.07) is 28.6. The van der Waals surface area contributed by atoms with Crippen LogP contribution in [0.25, 0.3) is 11.0 Å². The molecule has 2 bridgehead atoms. The molecule has 4 aliphatic rings. The summed E-state index contributed by atoms with van der Waals surface area (Å²) in [5.74, 6) is 1.53. The van der Waals surface area contributed by atoms with Crippen molar-refractivity contribution in [3.05, 3.63) is 101 Å². The van der Waals surface area contributed by atoms with Crippen LogP contribution in [0.15, 0.2) is 84.0 Å². The van der Waals surface area contributed by atoms with E-state index in [2.05, 4.69) is 80.9 Å². The summed E-state index contributed by atoms with van der Waals surface area (Å²) in [7, 11) is 0. The number of oxime groups is 1. The smallest absolute Gasteiger partial charge is 0.338 e. The minimum atomic E-state index is -1.68. The quantitative estimate of drug-likeness (QED) is 0.284. The van der Waals surface area contributed by atoms with E-state index < -0.39 is 11.3 Å². The number of imidazole rings is 1. The molecular weight excluding hydrogens is 597 g/mol. The Morgan fingerprint density at radius 2 is 1.70 bits per heavy atom. The van der Waals surface area contributed by atoms with Crippen molar-refractivity contribution >= 4 is 34.0 Å². The van der Waals surface area contributed by atoms with E-state index in [9.17, 15) is 9.00 Å². The Balaban J connectivity index is 0.963. The topological polar surface area (TPSA) is 92.1 Å². The number of carbonyl (C=O) groups excluding carboxylic acids is 1. The predicted molar refractivity (Wildman–Crippen MR) is 179 cm³/mol. The van der Waals surface area contributed by atoms with Crippen molar-refractivity contribution in [1.29, 1.82) is 0 Å². The number of amides is 1. The van der Waals surface area contributed by atoms with Crippen molar-refractivity contribution in [2.75, 3.05) is 19.6 Å². The van der Waals surface area contributed by atoms with E-state index in [1.807, 2.05) is 23.1 Å². The van der Waals surface area contributed by atoms with Gasteiger partial charge in [0.25, 0.3) is 5.91 Å². The van der Waals surface area contributed by atoms with E-state index in [-0.39, 0.29) is 11.3 Å². The molecule has 0 spiro atoms. The van der Waals surface area contributed by atoms with Gasteiger partial charge in [0.1, 0.15) is 5.82 Å². The van der Waals surface area contributed by atoms with Gasteiger partial charge in [0.2, 0.25) is 0 Å². The summed E-state index contributed by atoms with van der Waals surface area (Å²) in [5, 5.41) is 3.83. The Labute approximate surface area is 272 Å². The van der Waals surface area contributed by atoms with E-state index >= 15 is 0 Å². The highest BCUT2D eigenvalue weighted by molar-refractivity contribution is 7.79. The number of carbonyl (C=O) groups is 1. The molecule has 9 nitrogen and oxygen atoms in total. The first kappa shape index (κ1) is 29.4. The standard InChI is InChI=1S/C36H40N6O3S/c1-25-37-32-12-5-6-13-33(32)42(25)31-23-29-14-15-30(24-31)41(29)21-18-36(28-10-3-2-4-11-28)16-19-40(20-17-36)35(43)27-9-7-8-26(22-27)34-38-45-46(44)39-34/h2-13,22,29-31H,14-21,23-24H2,1H3,(H,38,39)/t29-,30+,31+,46?. The van der Waals surface area contributed by atoms with Gasteiger partial charge in [-0.3, -0.25) is 18.7 Å². The SMILES string of the molecule is Cc1nc2ccccc2n1[C@H]1C[C@H]2CC[C@@H](C1)N2CCC1(c2ccccc2)CCN(C(=O)c2cccc(C3=NOS(=O)N3)c2)CC1. The molecule has 3 saturated heterocycles. The van der Waals surface area contributed by atoms with E-state index in [1.165, 1.54) is 36.8 Å². The zero-order valence-electron chi connectivity index (χ0n) is 26.2. The van der Waals surface area contributed by atoms with Gasteiger partial charge in [-0.1, -0.05) is 54.6 Å². The van der Waals surface area contributed by atoms with Gasteiger partial charge in [-0.25, -0.2) is 4.98 Å². The van der Waals surface area contributed by atoms with Crippen molar-refractivity contribution < 1.29 is 13.3 Å². The average Bonchev–Trinajstić information content (AvgIpc) is 3.75. The molecule has 4 aromatic rings. The molecule has 3 fully saturated rings. The minimum absolute atomic E-state index is 0.0200. The molecule has 46 heavy (non-hydrogen) atoms. The van der Waals surface area contributed by atoms with Gasteiger partial charge < -0.3 is 9.47 Å². The van der Waals surface area contributed by atoms with Crippen LogP contribution >= 0.6 is 0 Å². The third-order valence-corrected chi connectivity index (χ3v) is 11.6. The summed E-state index contributed by atoms with van der Waals surface area (Å²) in [6.45, 7) is 4.68. The maximum absolute atomic E-state index is 13.7. The van der Waals surface area contributed by atoms with Gasteiger partial charge in [-0.2, -0.15) is 4.21 Å². The fraction of sp³-hybridized carbons (Fsp3) is 0.417. The molecule has 4 atom stereocenters. The third-order valence-electron chi connectivity index (χ3n) is 11.0. The number of likely N-dealkylation sites (tertiary alicyclic amines) is 1. The van der Waals surface area contributed by atoms with E-state index in [0.29, 0.717) is 48.2 Å². The maximum atomic E-state index is 13.7. The van der Waals surface area contributed by atoms with Crippen molar-refractivity contribution in [3.8, 4) is 0 Å². The van der Waals surface area contributed by atoms with Crippen molar-refractivity contribution in [2.45, 2.75) is 75.4 Å². The predicted octanol–water partition coefficient (Wildman–Crippen LogP) is 5.64. The van der Waals surface area contributed by atoms with Gasteiger partial charge in [0.05, 0.1) is 11.0 Å². The highest BCUT2D eigenvalue weighted by Crippen LogP contribution is 2.45. The molecule has 1 amide bonds. The van der Waals surface area contributed by atoms with Gasteiger partial charge in [-0.15, -0.1) is 0 Å². The molecule has 3 aromatic carbocycles. The number of nitrogens with zero attached hydrogens (tertiary/aromatic N) is 5. The van der Waals surface area contributed by atoms with Crippen LogP contribution in [0.3, 0.4) is 0 Å². The largest absolute Gasteiger partial charge is 0.339 e. The van der Waals surface area contributed by atoms with E-state index in [4.69, 9.17) is 9.27 Å². The zero-order chi connectivity index (χ0) is 31.3. The van der Waals surface area contributed by atoms with Gasteiger partial charge in [0, 0.05) is 42.3 Å². The molecule has 1 unspecified atom stereocenters.